The maximum absolute atomic E-state index is 12.9. The zero-order chi connectivity index (χ0) is 20.7. The van der Waals surface area contributed by atoms with Crippen molar-refractivity contribution < 1.29 is 4.79 Å². The molecule has 29 heavy (non-hydrogen) atoms. The van der Waals surface area contributed by atoms with E-state index in [4.69, 9.17) is 0 Å². The van der Waals surface area contributed by atoms with Crippen LogP contribution in [-0.2, 0) is 11.3 Å². The molecule has 1 amide bonds. The van der Waals surface area contributed by atoms with Crippen LogP contribution in [0.2, 0.25) is 0 Å². The SMILES string of the molecule is CN(Cc1ccccc1)c1ccccc1NCC(=O)N(C)C1(C#N)CCCCC1. The normalized spacial score (nSPS) is 15.2. The van der Waals surface area contributed by atoms with Crippen LogP contribution < -0.4 is 10.2 Å². The van der Waals surface area contributed by atoms with Crippen molar-refractivity contribution in [1.29, 1.82) is 5.26 Å². The van der Waals surface area contributed by atoms with E-state index >= 15 is 0 Å². The second-order valence-electron chi connectivity index (χ2n) is 7.87. The summed E-state index contributed by atoms with van der Waals surface area (Å²) in [6.07, 6.45) is 4.69. The van der Waals surface area contributed by atoms with Crippen molar-refractivity contribution in [3.8, 4) is 6.07 Å². The van der Waals surface area contributed by atoms with Gasteiger partial charge in [-0.15, -0.1) is 0 Å². The van der Waals surface area contributed by atoms with Gasteiger partial charge in [0.05, 0.1) is 24.0 Å². The fourth-order valence-corrected chi connectivity index (χ4v) is 4.09. The predicted molar refractivity (Wildman–Crippen MR) is 118 cm³/mol. The minimum Gasteiger partial charge on any atom is -0.374 e. The number of hydrogen-bond acceptors (Lipinski definition) is 4. The van der Waals surface area contributed by atoms with Gasteiger partial charge in [-0.1, -0.05) is 61.7 Å². The lowest BCUT2D eigenvalue weighted by Crippen LogP contribution is -2.51. The summed E-state index contributed by atoms with van der Waals surface area (Å²) in [5.74, 6) is -0.0473. The number of carbonyl (C=O) groups excluding carboxylic acids is 1. The molecule has 0 radical (unpaired) electrons. The minimum atomic E-state index is -0.652. The molecule has 1 fully saturated rings. The molecule has 5 heteroatoms. The molecule has 2 aromatic rings. The van der Waals surface area contributed by atoms with Gasteiger partial charge in [-0.3, -0.25) is 4.79 Å². The van der Waals surface area contributed by atoms with Crippen LogP contribution >= 0.6 is 0 Å². The second kappa shape index (κ2) is 9.47. The molecule has 2 aromatic carbocycles. The molecule has 0 bridgehead atoms. The Morgan fingerprint density at radius 2 is 1.69 bits per heavy atom. The third-order valence-corrected chi connectivity index (χ3v) is 5.91. The van der Waals surface area contributed by atoms with E-state index in [1.54, 1.807) is 11.9 Å². The molecule has 0 unspecified atom stereocenters. The molecule has 0 aromatic heterocycles. The maximum Gasteiger partial charge on any atom is 0.242 e. The molecular weight excluding hydrogens is 360 g/mol. The number of carbonyl (C=O) groups is 1. The summed E-state index contributed by atoms with van der Waals surface area (Å²) in [5, 5.41) is 13.0. The van der Waals surface area contributed by atoms with Crippen molar-refractivity contribution >= 4 is 17.3 Å². The van der Waals surface area contributed by atoms with Crippen LogP contribution in [0.3, 0.4) is 0 Å². The number of benzene rings is 2. The summed E-state index contributed by atoms with van der Waals surface area (Å²) in [6.45, 7) is 0.959. The summed E-state index contributed by atoms with van der Waals surface area (Å²) >= 11 is 0. The molecular formula is C24H30N4O. The Morgan fingerprint density at radius 1 is 1.03 bits per heavy atom. The van der Waals surface area contributed by atoms with Gasteiger partial charge >= 0.3 is 0 Å². The van der Waals surface area contributed by atoms with Crippen molar-refractivity contribution in [2.75, 3.05) is 30.9 Å². The van der Waals surface area contributed by atoms with E-state index in [0.717, 1.165) is 50.0 Å². The number of nitrogens with one attached hydrogen (secondary N) is 1. The van der Waals surface area contributed by atoms with Crippen LogP contribution in [0.4, 0.5) is 11.4 Å². The Labute approximate surface area is 173 Å². The van der Waals surface area contributed by atoms with Gasteiger partial charge in [0.25, 0.3) is 0 Å². The Bertz CT molecular complexity index is 853. The molecule has 0 aliphatic heterocycles. The summed E-state index contributed by atoms with van der Waals surface area (Å²) < 4.78 is 0. The largest absolute Gasteiger partial charge is 0.374 e. The predicted octanol–water partition coefficient (Wildman–Crippen LogP) is 4.42. The molecule has 0 atom stereocenters. The summed E-state index contributed by atoms with van der Waals surface area (Å²) in [4.78, 5) is 16.7. The first kappa shape index (κ1) is 20.7. The fraction of sp³-hybridized carbons (Fsp3) is 0.417. The minimum absolute atomic E-state index is 0.0473. The standard InChI is InChI=1S/C24H30N4O/c1-27(18-20-11-5-3-6-12-20)22-14-8-7-13-21(22)26-17-23(29)28(2)24(19-25)15-9-4-10-16-24/h3,5-8,11-14,26H,4,9-10,15-18H2,1-2H3. The number of amides is 1. The summed E-state index contributed by atoms with van der Waals surface area (Å²) in [6, 6.07) is 20.7. The van der Waals surface area contributed by atoms with Crippen molar-refractivity contribution in [2.24, 2.45) is 0 Å². The van der Waals surface area contributed by atoms with Crippen LogP contribution in [0.5, 0.6) is 0 Å². The van der Waals surface area contributed by atoms with Gasteiger partial charge in [0.2, 0.25) is 5.91 Å². The fourth-order valence-electron chi connectivity index (χ4n) is 4.09. The Morgan fingerprint density at radius 3 is 2.38 bits per heavy atom. The molecule has 0 heterocycles. The molecule has 1 saturated carbocycles. The first-order valence-electron chi connectivity index (χ1n) is 10.3. The Hall–Kier alpha value is -3.00. The van der Waals surface area contributed by atoms with E-state index in [0.29, 0.717) is 0 Å². The average Bonchev–Trinajstić information content (AvgIpc) is 2.78. The monoisotopic (exact) mass is 390 g/mol. The number of rotatable bonds is 7. The van der Waals surface area contributed by atoms with Crippen LogP contribution in [0, 0.1) is 11.3 Å². The maximum atomic E-state index is 12.9. The van der Waals surface area contributed by atoms with Gasteiger partial charge < -0.3 is 15.1 Å². The van der Waals surface area contributed by atoms with Crippen molar-refractivity contribution in [2.45, 2.75) is 44.2 Å². The lowest BCUT2D eigenvalue weighted by atomic mass is 9.81. The van der Waals surface area contributed by atoms with E-state index in [9.17, 15) is 10.1 Å². The molecule has 1 aliphatic carbocycles. The van der Waals surface area contributed by atoms with Crippen LogP contribution in [-0.4, -0.2) is 37.0 Å². The number of hydrogen-bond donors (Lipinski definition) is 1. The number of anilines is 2. The van der Waals surface area contributed by atoms with E-state index in [-0.39, 0.29) is 12.5 Å². The van der Waals surface area contributed by atoms with Crippen LogP contribution in [0.25, 0.3) is 0 Å². The third-order valence-electron chi connectivity index (χ3n) is 5.91. The highest BCUT2D eigenvalue weighted by Gasteiger charge is 2.38. The van der Waals surface area contributed by atoms with Crippen LogP contribution in [0.15, 0.2) is 54.6 Å². The third kappa shape index (κ3) is 4.89. The summed E-state index contributed by atoms with van der Waals surface area (Å²) in [7, 11) is 3.82. The molecule has 152 valence electrons. The van der Waals surface area contributed by atoms with Gasteiger partial charge in [-0.05, 0) is 30.5 Å². The highest BCUT2D eigenvalue weighted by atomic mass is 16.2. The van der Waals surface area contributed by atoms with Crippen molar-refractivity contribution in [1.82, 2.24) is 4.90 Å². The number of para-hydroxylation sites is 2. The first-order chi connectivity index (χ1) is 14.1. The second-order valence-corrected chi connectivity index (χ2v) is 7.87. The number of nitriles is 1. The first-order valence-corrected chi connectivity index (χ1v) is 10.3. The van der Waals surface area contributed by atoms with Crippen molar-refractivity contribution in [3.05, 3.63) is 60.2 Å². The van der Waals surface area contributed by atoms with Gasteiger partial charge in [-0.2, -0.15) is 5.26 Å². The van der Waals surface area contributed by atoms with Crippen molar-refractivity contribution in [3.63, 3.8) is 0 Å². The number of nitrogens with zero attached hydrogens (tertiary/aromatic N) is 3. The molecule has 5 nitrogen and oxygen atoms in total. The van der Waals surface area contributed by atoms with Gasteiger partial charge in [0.1, 0.15) is 5.54 Å². The van der Waals surface area contributed by atoms with Gasteiger partial charge in [0.15, 0.2) is 0 Å². The molecule has 3 rings (SSSR count). The van der Waals surface area contributed by atoms with E-state index in [1.807, 2.05) is 43.4 Å². The highest BCUT2D eigenvalue weighted by molar-refractivity contribution is 5.83. The van der Waals surface area contributed by atoms with Gasteiger partial charge in [-0.25, -0.2) is 0 Å². The topological polar surface area (TPSA) is 59.4 Å². The Balaban J connectivity index is 1.66. The van der Waals surface area contributed by atoms with Crippen LogP contribution in [0.1, 0.15) is 37.7 Å². The average molecular weight is 391 g/mol. The van der Waals surface area contributed by atoms with E-state index in [1.165, 1.54) is 5.56 Å². The lowest BCUT2D eigenvalue weighted by molar-refractivity contribution is -0.132. The zero-order valence-corrected chi connectivity index (χ0v) is 17.4. The zero-order valence-electron chi connectivity index (χ0n) is 17.4. The molecule has 0 saturated heterocycles. The smallest absolute Gasteiger partial charge is 0.242 e. The highest BCUT2D eigenvalue weighted by Crippen LogP contribution is 2.32. The van der Waals surface area contributed by atoms with E-state index < -0.39 is 5.54 Å². The lowest BCUT2D eigenvalue weighted by Gasteiger charge is -2.39. The Kier molecular flexibility index (Phi) is 6.77. The van der Waals surface area contributed by atoms with Gasteiger partial charge in [0, 0.05) is 20.6 Å². The van der Waals surface area contributed by atoms with E-state index in [2.05, 4.69) is 34.5 Å². The number of likely N-dealkylation sites (N-methyl/N-ethyl adjacent to an activating group) is 1. The molecule has 0 spiro atoms. The molecule has 1 aliphatic rings. The quantitative estimate of drug-likeness (QED) is 0.760. The summed E-state index contributed by atoms with van der Waals surface area (Å²) in [5.41, 5.74) is 2.54. The molecule has 1 N–H and O–H groups in total.